The van der Waals surface area contributed by atoms with Gasteiger partial charge >= 0.3 is 0 Å². The van der Waals surface area contributed by atoms with Crippen molar-refractivity contribution in [1.82, 2.24) is 15.6 Å². The average Bonchev–Trinajstić information content (AvgIpc) is 3.12. The summed E-state index contributed by atoms with van der Waals surface area (Å²) in [6, 6.07) is 10.1. The largest absolute Gasteiger partial charge is 0.368 e. The second kappa shape index (κ2) is 7.88. The van der Waals surface area contributed by atoms with Gasteiger partial charge in [0.15, 0.2) is 0 Å². The van der Waals surface area contributed by atoms with Crippen molar-refractivity contribution in [2.45, 2.75) is 24.9 Å². The van der Waals surface area contributed by atoms with Crippen LogP contribution in [0.25, 0.3) is 10.6 Å². The summed E-state index contributed by atoms with van der Waals surface area (Å²) in [7, 11) is 1.62. The normalized spacial score (nSPS) is 16.7. The second-order valence-corrected chi connectivity index (χ2v) is 6.82. The molecule has 0 saturated carbocycles. The Balaban J connectivity index is 1.53. The van der Waals surface area contributed by atoms with Gasteiger partial charge in [0.2, 0.25) is 0 Å². The lowest BCUT2D eigenvalue weighted by molar-refractivity contribution is -0.146. The van der Waals surface area contributed by atoms with Crippen molar-refractivity contribution in [3.63, 3.8) is 0 Å². The molecule has 5 nitrogen and oxygen atoms in total. The highest BCUT2D eigenvalue weighted by atomic mass is 32.1. The molecule has 0 atom stereocenters. The lowest BCUT2D eigenvalue weighted by Crippen LogP contribution is -2.54. The summed E-state index contributed by atoms with van der Waals surface area (Å²) in [5.41, 5.74) is 1.46. The number of benzene rings is 1. The van der Waals surface area contributed by atoms with Crippen molar-refractivity contribution < 1.29 is 9.53 Å². The van der Waals surface area contributed by atoms with Gasteiger partial charge in [0.1, 0.15) is 10.6 Å². The van der Waals surface area contributed by atoms with Gasteiger partial charge < -0.3 is 15.4 Å². The zero-order valence-corrected chi connectivity index (χ0v) is 14.7. The molecular formula is C18H23N3O2S. The maximum Gasteiger partial charge on any atom is 0.252 e. The van der Waals surface area contributed by atoms with Gasteiger partial charge in [-0.2, -0.15) is 0 Å². The highest BCUT2D eigenvalue weighted by Crippen LogP contribution is 2.24. The second-order valence-electron chi connectivity index (χ2n) is 5.96. The third-order valence-corrected chi connectivity index (χ3v) is 5.40. The molecule has 1 aliphatic heterocycles. The molecule has 1 saturated heterocycles. The van der Waals surface area contributed by atoms with Crippen LogP contribution in [0, 0.1) is 0 Å². The fourth-order valence-electron chi connectivity index (χ4n) is 2.95. The number of thiazole rings is 1. The Morgan fingerprint density at radius 1 is 1.33 bits per heavy atom. The van der Waals surface area contributed by atoms with E-state index in [0.29, 0.717) is 19.4 Å². The Morgan fingerprint density at radius 3 is 2.79 bits per heavy atom. The van der Waals surface area contributed by atoms with Crippen molar-refractivity contribution in [2.24, 2.45) is 0 Å². The maximum atomic E-state index is 12.5. The minimum Gasteiger partial charge on any atom is -0.368 e. The van der Waals surface area contributed by atoms with Gasteiger partial charge in [-0.05, 0) is 25.9 Å². The van der Waals surface area contributed by atoms with E-state index in [0.717, 1.165) is 35.8 Å². The monoisotopic (exact) mass is 345 g/mol. The number of ether oxygens (including phenoxy) is 1. The number of carbonyl (C=O) groups is 1. The van der Waals surface area contributed by atoms with E-state index in [1.165, 1.54) is 0 Å². The van der Waals surface area contributed by atoms with Gasteiger partial charge in [-0.15, -0.1) is 11.3 Å². The molecule has 1 aliphatic rings. The topological polar surface area (TPSA) is 63.2 Å². The Morgan fingerprint density at radius 2 is 2.08 bits per heavy atom. The van der Waals surface area contributed by atoms with Crippen LogP contribution in [0.15, 0.2) is 35.7 Å². The standard InChI is InChI=1S/C18H23N3O2S/c1-23-18(8-11-19-12-9-18)17(22)20-10-7-15-13-24-16(21-15)14-5-3-2-4-6-14/h2-6,13,19H,7-12H2,1H3,(H,20,22). The van der Waals surface area contributed by atoms with E-state index in [2.05, 4.69) is 33.1 Å². The van der Waals surface area contributed by atoms with E-state index in [1.54, 1.807) is 18.4 Å². The van der Waals surface area contributed by atoms with E-state index >= 15 is 0 Å². The van der Waals surface area contributed by atoms with Crippen LogP contribution in [0.2, 0.25) is 0 Å². The van der Waals surface area contributed by atoms with Gasteiger partial charge in [0, 0.05) is 31.0 Å². The van der Waals surface area contributed by atoms with Crippen LogP contribution in [-0.4, -0.2) is 43.2 Å². The number of nitrogens with one attached hydrogen (secondary N) is 2. The molecule has 24 heavy (non-hydrogen) atoms. The van der Waals surface area contributed by atoms with Gasteiger partial charge in [-0.1, -0.05) is 30.3 Å². The van der Waals surface area contributed by atoms with E-state index in [4.69, 9.17) is 4.74 Å². The number of aromatic nitrogens is 1. The summed E-state index contributed by atoms with van der Waals surface area (Å²) in [6.07, 6.45) is 2.15. The summed E-state index contributed by atoms with van der Waals surface area (Å²) < 4.78 is 5.54. The van der Waals surface area contributed by atoms with Crippen LogP contribution < -0.4 is 10.6 Å². The molecule has 1 aromatic heterocycles. The third-order valence-electron chi connectivity index (χ3n) is 4.45. The number of hydrogen-bond donors (Lipinski definition) is 2. The van der Waals surface area contributed by atoms with Gasteiger partial charge in [-0.3, -0.25) is 4.79 Å². The predicted molar refractivity (Wildman–Crippen MR) is 96.1 cm³/mol. The number of nitrogens with zero attached hydrogens (tertiary/aromatic N) is 1. The molecular weight excluding hydrogens is 322 g/mol. The summed E-state index contributed by atoms with van der Waals surface area (Å²) in [5.74, 6) is -0.00925. The molecule has 1 amide bonds. The van der Waals surface area contributed by atoms with E-state index in [1.807, 2.05) is 18.2 Å². The molecule has 0 spiro atoms. The number of rotatable bonds is 6. The SMILES string of the molecule is COC1(C(=O)NCCc2csc(-c3ccccc3)n2)CCNCC1. The molecule has 3 rings (SSSR count). The molecule has 0 radical (unpaired) electrons. The zero-order chi connectivity index (χ0) is 16.8. The maximum absolute atomic E-state index is 12.5. The fourth-order valence-corrected chi connectivity index (χ4v) is 3.82. The van der Waals surface area contributed by atoms with E-state index in [-0.39, 0.29) is 5.91 Å². The minimum atomic E-state index is -0.678. The van der Waals surface area contributed by atoms with E-state index in [9.17, 15) is 4.79 Å². The fraction of sp³-hybridized carbons (Fsp3) is 0.444. The van der Waals surface area contributed by atoms with Crippen LogP contribution in [0.5, 0.6) is 0 Å². The highest BCUT2D eigenvalue weighted by Gasteiger charge is 2.39. The summed E-state index contributed by atoms with van der Waals surface area (Å²) in [5, 5.41) is 9.35. The first kappa shape index (κ1) is 17.1. The van der Waals surface area contributed by atoms with Crippen molar-refractivity contribution in [1.29, 1.82) is 0 Å². The Hall–Kier alpha value is -1.76. The number of methoxy groups -OCH3 is 1. The molecule has 1 aromatic carbocycles. The van der Waals surface area contributed by atoms with Crippen LogP contribution in [0.1, 0.15) is 18.5 Å². The number of hydrogen-bond acceptors (Lipinski definition) is 5. The molecule has 128 valence electrons. The summed E-state index contributed by atoms with van der Waals surface area (Å²) in [4.78, 5) is 17.1. The first-order valence-corrected chi connectivity index (χ1v) is 9.15. The third kappa shape index (κ3) is 3.83. The first-order chi connectivity index (χ1) is 11.7. The highest BCUT2D eigenvalue weighted by molar-refractivity contribution is 7.13. The number of piperidine rings is 1. The summed E-state index contributed by atoms with van der Waals surface area (Å²) in [6.45, 7) is 2.21. The zero-order valence-electron chi connectivity index (χ0n) is 13.9. The molecule has 2 heterocycles. The number of carbonyl (C=O) groups excluding carboxylic acids is 1. The molecule has 2 aromatic rings. The minimum absolute atomic E-state index is 0.00925. The lowest BCUT2D eigenvalue weighted by Gasteiger charge is -2.34. The van der Waals surface area contributed by atoms with Crippen LogP contribution >= 0.6 is 11.3 Å². The quantitative estimate of drug-likeness (QED) is 0.843. The predicted octanol–water partition coefficient (Wildman–Crippen LogP) is 2.24. The van der Waals surface area contributed by atoms with Crippen LogP contribution in [0.4, 0.5) is 0 Å². The number of amides is 1. The Bertz CT molecular complexity index is 666. The summed E-state index contributed by atoms with van der Waals surface area (Å²) >= 11 is 1.64. The van der Waals surface area contributed by atoms with Crippen LogP contribution in [-0.2, 0) is 16.0 Å². The van der Waals surface area contributed by atoms with Gasteiger partial charge in [0.25, 0.3) is 5.91 Å². The smallest absolute Gasteiger partial charge is 0.252 e. The molecule has 6 heteroatoms. The lowest BCUT2D eigenvalue weighted by atomic mass is 9.91. The molecule has 2 N–H and O–H groups in total. The Labute approximate surface area is 146 Å². The Kier molecular flexibility index (Phi) is 5.60. The molecule has 1 fully saturated rings. The van der Waals surface area contributed by atoms with Crippen molar-refractivity contribution in [3.8, 4) is 10.6 Å². The molecule has 0 bridgehead atoms. The molecule has 0 aliphatic carbocycles. The van der Waals surface area contributed by atoms with Crippen molar-refractivity contribution in [3.05, 3.63) is 41.4 Å². The van der Waals surface area contributed by atoms with Gasteiger partial charge in [0.05, 0.1) is 5.69 Å². The van der Waals surface area contributed by atoms with Crippen LogP contribution in [0.3, 0.4) is 0 Å². The van der Waals surface area contributed by atoms with E-state index < -0.39 is 5.60 Å². The average molecular weight is 345 g/mol. The first-order valence-electron chi connectivity index (χ1n) is 8.27. The van der Waals surface area contributed by atoms with Crippen molar-refractivity contribution in [2.75, 3.05) is 26.7 Å². The van der Waals surface area contributed by atoms with Crippen molar-refractivity contribution >= 4 is 17.2 Å². The van der Waals surface area contributed by atoms with Gasteiger partial charge in [-0.25, -0.2) is 4.98 Å². The molecule has 0 unspecified atom stereocenters.